The Morgan fingerprint density at radius 1 is 1.32 bits per heavy atom. The van der Waals surface area contributed by atoms with Crippen molar-refractivity contribution in [3.05, 3.63) is 57.1 Å². The Bertz CT molecular complexity index is 743. The van der Waals surface area contributed by atoms with E-state index in [9.17, 15) is 9.59 Å². The van der Waals surface area contributed by atoms with Gasteiger partial charge in [-0.05, 0) is 31.5 Å². The number of rotatable bonds is 5. The van der Waals surface area contributed by atoms with Crippen molar-refractivity contribution in [1.82, 2.24) is 5.43 Å². The van der Waals surface area contributed by atoms with E-state index in [-0.39, 0.29) is 17.8 Å². The molecule has 0 aliphatic heterocycles. The highest BCUT2D eigenvalue weighted by Crippen LogP contribution is 2.19. The highest BCUT2D eigenvalue weighted by atomic mass is 35.5. The van der Waals surface area contributed by atoms with Crippen LogP contribution in [0.25, 0.3) is 0 Å². The van der Waals surface area contributed by atoms with Gasteiger partial charge >= 0.3 is 0 Å². The number of aryl methyl sites for hydroxylation is 2. The lowest BCUT2D eigenvalue weighted by Crippen LogP contribution is -2.34. The van der Waals surface area contributed by atoms with Crippen molar-refractivity contribution < 1.29 is 13.9 Å². The summed E-state index contributed by atoms with van der Waals surface area (Å²) in [5.74, 6) is -0.103. The highest BCUT2D eigenvalue weighted by Gasteiger charge is 2.09. The normalized spacial score (nSPS) is 10.1. The van der Waals surface area contributed by atoms with Crippen molar-refractivity contribution in [2.24, 2.45) is 0 Å². The van der Waals surface area contributed by atoms with E-state index in [4.69, 9.17) is 20.8 Å². The number of amides is 1. The highest BCUT2D eigenvalue weighted by molar-refractivity contribution is 6.31. The molecule has 7 heteroatoms. The lowest BCUT2D eigenvalue weighted by Gasteiger charge is -2.10. The first kappa shape index (κ1) is 15.9. The van der Waals surface area contributed by atoms with E-state index in [1.54, 1.807) is 19.1 Å². The molecule has 0 radical (unpaired) electrons. The number of ether oxygens (including phenoxy) is 1. The summed E-state index contributed by atoms with van der Waals surface area (Å²) < 4.78 is 10.2. The minimum atomic E-state index is -0.445. The number of hydrogen-bond acceptors (Lipinski definition) is 5. The van der Waals surface area contributed by atoms with E-state index >= 15 is 0 Å². The van der Waals surface area contributed by atoms with Crippen LogP contribution in [0, 0.1) is 13.8 Å². The van der Waals surface area contributed by atoms with Gasteiger partial charge in [0.15, 0.2) is 6.61 Å². The van der Waals surface area contributed by atoms with Crippen molar-refractivity contribution in [3.8, 4) is 5.75 Å². The summed E-state index contributed by atoms with van der Waals surface area (Å²) in [7, 11) is 0. The average molecular weight is 323 g/mol. The summed E-state index contributed by atoms with van der Waals surface area (Å²) in [6.07, 6.45) is 1.27. The molecule has 2 N–H and O–H groups in total. The van der Waals surface area contributed by atoms with Gasteiger partial charge in [0, 0.05) is 11.1 Å². The maximum atomic E-state index is 11.7. The first-order chi connectivity index (χ1) is 10.5. The van der Waals surface area contributed by atoms with Crippen LogP contribution in [0.1, 0.15) is 11.3 Å². The number of carbonyl (C=O) groups excluding carboxylic acids is 1. The van der Waals surface area contributed by atoms with Gasteiger partial charge in [-0.25, -0.2) is 0 Å². The minimum Gasteiger partial charge on any atom is -0.476 e. The van der Waals surface area contributed by atoms with E-state index in [1.165, 1.54) is 12.3 Å². The Labute approximate surface area is 132 Å². The van der Waals surface area contributed by atoms with Crippen LogP contribution < -0.4 is 21.0 Å². The summed E-state index contributed by atoms with van der Waals surface area (Å²) in [5, 5.41) is 0.591. The molecule has 0 spiro atoms. The monoisotopic (exact) mass is 322 g/mol. The number of hydrogen-bond donors (Lipinski definition) is 2. The minimum absolute atomic E-state index is 0.0241. The predicted molar refractivity (Wildman–Crippen MR) is 83.2 cm³/mol. The van der Waals surface area contributed by atoms with Crippen molar-refractivity contribution in [3.63, 3.8) is 0 Å². The molecule has 2 aromatic rings. The summed E-state index contributed by atoms with van der Waals surface area (Å²) in [5.41, 5.74) is 6.40. The number of hydrazine groups is 1. The fourth-order valence-electron chi connectivity index (χ4n) is 1.66. The largest absolute Gasteiger partial charge is 0.476 e. The third-order valence-corrected chi connectivity index (χ3v) is 3.28. The third-order valence-electron chi connectivity index (χ3n) is 2.87. The molecular weight excluding hydrogens is 308 g/mol. The first-order valence-corrected chi connectivity index (χ1v) is 6.87. The fraction of sp³-hybridized carbons (Fsp3) is 0.200. The predicted octanol–water partition coefficient (Wildman–Crippen LogP) is 2.43. The Morgan fingerprint density at radius 2 is 2.09 bits per heavy atom. The Kier molecular flexibility index (Phi) is 5.06. The molecule has 0 aliphatic carbocycles. The van der Waals surface area contributed by atoms with Gasteiger partial charge in [0.05, 0.1) is 12.0 Å². The van der Waals surface area contributed by atoms with Crippen LogP contribution >= 0.6 is 11.6 Å². The number of halogens is 1. The van der Waals surface area contributed by atoms with Gasteiger partial charge in [-0.15, -0.1) is 0 Å². The number of benzene rings is 1. The zero-order valence-corrected chi connectivity index (χ0v) is 12.9. The van der Waals surface area contributed by atoms with E-state index in [0.717, 1.165) is 5.56 Å². The zero-order valence-electron chi connectivity index (χ0n) is 12.1. The van der Waals surface area contributed by atoms with Crippen LogP contribution in [0.2, 0.25) is 5.02 Å². The smallest absolute Gasteiger partial charge is 0.276 e. The van der Waals surface area contributed by atoms with Gasteiger partial charge in [0.25, 0.3) is 5.91 Å². The molecule has 1 amide bonds. The Balaban J connectivity index is 1.88. The second kappa shape index (κ2) is 7.00. The summed E-state index contributed by atoms with van der Waals surface area (Å²) in [4.78, 5) is 23.3. The molecule has 0 aliphatic rings. The van der Waals surface area contributed by atoms with Crippen LogP contribution in [0.4, 0.5) is 5.69 Å². The fourth-order valence-corrected chi connectivity index (χ4v) is 1.84. The summed E-state index contributed by atoms with van der Waals surface area (Å²) in [6, 6.07) is 6.52. The molecular formula is C15H15ClN2O4. The van der Waals surface area contributed by atoms with Gasteiger partial charge in [0.2, 0.25) is 11.2 Å². The van der Waals surface area contributed by atoms with E-state index in [1.807, 2.05) is 13.0 Å². The molecule has 6 nitrogen and oxygen atoms in total. The second-order valence-corrected chi connectivity index (χ2v) is 5.00. The molecule has 1 aromatic heterocycles. The van der Waals surface area contributed by atoms with E-state index < -0.39 is 5.91 Å². The standard InChI is InChI=1S/C15H15ClN2O4/c1-9-3-4-11(7-12(9)16)17-18-14(20)8-22-15-10(2)21-6-5-13(15)19/h3-7,17H,8H2,1-2H3,(H,18,20). The molecule has 1 heterocycles. The number of anilines is 1. The molecule has 116 valence electrons. The third kappa shape index (κ3) is 4.02. The van der Waals surface area contributed by atoms with Gasteiger partial charge in [-0.1, -0.05) is 17.7 Å². The number of carbonyl (C=O) groups is 1. The maximum Gasteiger partial charge on any atom is 0.276 e. The van der Waals surface area contributed by atoms with Gasteiger partial charge < -0.3 is 9.15 Å². The summed E-state index contributed by atoms with van der Waals surface area (Å²) in [6.45, 7) is 3.15. The van der Waals surface area contributed by atoms with Crippen molar-refractivity contribution in [2.75, 3.05) is 12.0 Å². The lowest BCUT2D eigenvalue weighted by molar-refractivity contribution is -0.122. The topological polar surface area (TPSA) is 80.6 Å². The van der Waals surface area contributed by atoms with Gasteiger partial charge in [0.1, 0.15) is 5.76 Å². The van der Waals surface area contributed by atoms with Gasteiger partial charge in [-0.3, -0.25) is 20.4 Å². The quantitative estimate of drug-likeness (QED) is 0.826. The van der Waals surface area contributed by atoms with Crippen LogP contribution in [0.5, 0.6) is 5.75 Å². The second-order valence-electron chi connectivity index (χ2n) is 4.60. The first-order valence-electron chi connectivity index (χ1n) is 6.49. The molecule has 2 rings (SSSR count). The van der Waals surface area contributed by atoms with Gasteiger partial charge in [-0.2, -0.15) is 0 Å². The molecule has 0 atom stereocenters. The van der Waals surface area contributed by atoms with Crippen LogP contribution in [0.3, 0.4) is 0 Å². The molecule has 0 fully saturated rings. The summed E-state index contributed by atoms with van der Waals surface area (Å²) >= 11 is 5.98. The van der Waals surface area contributed by atoms with E-state index in [0.29, 0.717) is 16.5 Å². The molecule has 0 bridgehead atoms. The van der Waals surface area contributed by atoms with Crippen LogP contribution in [-0.4, -0.2) is 12.5 Å². The Morgan fingerprint density at radius 3 is 2.77 bits per heavy atom. The zero-order chi connectivity index (χ0) is 16.1. The number of nitrogens with one attached hydrogen (secondary N) is 2. The van der Waals surface area contributed by atoms with Crippen LogP contribution in [0.15, 0.2) is 39.7 Å². The molecule has 1 aromatic carbocycles. The lowest BCUT2D eigenvalue weighted by atomic mass is 10.2. The van der Waals surface area contributed by atoms with Crippen molar-refractivity contribution in [1.29, 1.82) is 0 Å². The average Bonchev–Trinajstić information content (AvgIpc) is 2.48. The molecule has 0 unspecified atom stereocenters. The van der Waals surface area contributed by atoms with Crippen LogP contribution in [-0.2, 0) is 4.79 Å². The van der Waals surface area contributed by atoms with E-state index in [2.05, 4.69) is 10.9 Å². The molecule has 0 saturated heterocycles. The molecule has 22 heavy (non-hydrogen) atoms. The maximum absolute atomic E-state index is 11.7. The Hall–Kier alpha value is -2.47. The van der Waals surface area contributed by atoms with Crippen molar-refractivity contribution >= 4 is 23.2 Å². The molecule has 0 saturated carbocycles. The van der Waals surface area contributed by atoms with Crippen molar-refractivity contribution in [2.45, 2.75) is 13.8 Å². The SMILES string of the molecule is Cc1ccc(NNC(=O)COc2c(C)occc2=O)cc1Cl.